The van der Waals surface area contributed by atoms with Crippen LogP contribution in [0.4, 0.5) is 0 Å². The van der Waals surface area contributed by atoms with Gasteiger partial charge in [0.2, 0.25) is 0 Å². The van der Waals surface area contributed by atoms with Crippen LogP contribution in [0.5, 0.6) is 5.75 Å². The van der Waals surface area contributed by atoms with E-state index >= 15 is 0 Å². The largest absolute Gasteiger partial charge is 0.496 e. The molecule has 4 nitrogen and oxygen atoms in total. The van der Waals surface area contributed by atoms with Crippen LogP contribution in [0.3, 0.4) is 0 Å². The fraction of sp³-hybridized carbons (Fsp3) is 0.200. The molecule has 1 aromatic carbocycles. The summed E-state index contributed by atoms with van der Waals surface area (Å²) in [7, 11) is 1.63. The highest BCUT2D eigenvalue weighted by molar-refractivity contribution is 5.33. The van der Waals surface area contributed by atoms with Crippen LogP contribution < -0.4 is 10.3 Å². The van der Waals surface area contributed by atoms with Crippen molar-refractivity contribution in [2.45, 2.75) is 13.0 Å². The summed E-state index contributed by atoms with van der Waals surface area (Å²) in [6.45, 7) is 0.523. The zero-order valence-electron chi connectivity index (χ0n) is 10.7. The third-order valence-corrected chi connectivity index (χ3v) is 2.96. The van der Waals surface area contributed by atoms with Crippen LogP contribution >= 0.6 is 0 Å². The van der Waals surface area contributed by atoms with Crippen molar-refractivity contribution in [3.05, 3.63) is 64.1 Å². The maximum absolute atomic E-state index is 11.9. The van der Waals surface area contributed by atoms with Gasteiger partial charge in [-0.3, -0.25) is 4.79 Å². The maximum atomic E-state index is 11.9. The summed E-state index contributed by atoms with van der Waals surface area (Å²) < 4.78 is 6.82. The van der Waals surface area contributed by atoms with Crippen LogP contribution in [0.15, 0.2) is 47.4 Å². The van der Waals surface area contributed by atoms with Crippen molar-refractivity contribution >= 4 is 0 Å². The third-order valence-electron chi connectivity index (χ3n) is 2.96. The Bertz CT molecular complexity index is 668. The summed E-state index contributed by atoms with van der Waals surface area (Å²) in [5, 5.41) is 8.83. The second-order valence-electron chi connectivity index (χ2n) is 4.09. The van der Waals surface area contributed by atoms with Gasteiger partial charge in [-0.05, 0) is 30.2 Å². The average molecular weight is 254 g/mol. The SMILES string of the molecule is COc1ccccc1CCn1cccc(C#N)c1=O. The summed E-state index contributed by atoms with van der Waals surface area (Å²) in [5.41, 5.74) is 0.960. The highest BCUT2D eigenvalue weighted by atomic mass is 16.5. The molecular formula is C15H14N2O2. The van der Waals surface area contributed by atoms with E-state index in [1.54, 1.807) is 23.9 Å². The Balaban J connectivity index is 2.20. The normalized spacial score (nSPS) is 9.89. The minimum absolute atomic E-state index is 0.169. The van der Waals surface area contributed by atoms with Crippen molar-refractivity contribution in [3.8, 4) is 11.8 Å². The summed E-state index contributed by atoms with van der Waals surface area (Å²) in [4.78, 5) is 11.9. The minimum Gasteiger partial charge on any atom is -0.496 e. The first kappa shape index (κ1) is 12.9. The number of nitriles is 1. The molecule has 0 radical (unpaired) electrons. The van der Waals surface area contributed by atoms with E-state index in [0.29, 0.717) is 13.0 Å². The van der Waals surface area contributed by atoms with E-state index < -0.39 is 0 Å². The molecule has 1 aromatic heterocycles. The van der Waals surface area contributed by atoms with Gasteiger partial charge in [0.1, 0.15) is 17.4 Å². The quantitative estimate of drug-likeness (QED) is 0.838. The minimum atomic E-state index is -0.250. The lowest BCUT2D eigenvalue weighted by Gasteiger charge is -2.09. The zero-order valence-corrected chi connectivity index (χ0v) is 10.7. The van der Waals surface area contributed by atoms with Crippen molar-refractivity contribution in [1.29, 1.82) is 5.26 Å². The predicted molar refractivity (Wildman–Crippen MR) is 72.1 cm³/mol. The van der Waals surface area contributed by atoms with E-state index in [1.165, 1.54) is 6.07 Å². The first-order valence-electron chi connectivity index (χ1n) is 5.97. The van der Waals surface area contributed by atoms with Gasteiger partial charge in [-0.15, -0.1) is 0 Å². The summed E-state index contributed by atoms with van der Waals surface area (Å²) in [5.74, 6) is 0.812. The van der Waals surface area contributed by atoms with Gasteiger partial charge in [0.15, 0.2) is 0 Å². The number of benzene rings is 1. The Morgan fingerprint density at radius 1 is 1.26 bits per heavy atom. The van der Waals surface area contributed by atoms with Gasteiger partial charge in [0.25, 0.3) is 5.56 Å². The Hall–Kier alpha value is -2.54. The molecule has 0 aliphatic heterocycles. The van der Waals surface area contributed by atoms with E-state index in [-0.39, 0.29) is 11.1 Å². The molecule has 0 fully saturated rings. The van der Waals surface area contributed by atoms with Gasteiger partial charge >= 0.3 is 0 Å². The van der Waals surface area contributed by atoms with Crippen molar-refractivity contribution < 1.29 is 4.74 Å². The van der Waals surface area contributed by atoms with Crippen molar-refractivity contribution in [1.82, 2.24) is 4.57 Å². The number of ether oxygens (including phenoxy) is 1. The lowest BCUT2D eigenvalue weighted by Crippen LogP contribution is -2.22. The molecule has 0 spiro atoms. The summed E-state index contributed by atoms with van der Waals surface area (Å²) in [6, 6.07) is 12.8. The van der Waals surface area contributed by atoms with Crippen LogP contribution in [0.1, 0.15) is 11.1 Å². The van der Waals surface area contributed by atoms with Crippen molar-refractivity contribution in [3.63, 3.8) is 0 Å². The number of pyridine rings is 1. The molecule has 0 amide bonds. The molecule has 1 heterocycles. The Morgan fingerprint density at radius 2 is 2.05 bits per heavy atom. The standard InChI is InChI=1S/C15H14N2O2/c1-19-14-7-3-2-5-12(14)8-10-17-9-4-6-13(11-16)15(17)18/h2-7,9H,8,10H2,1H3. The number of aryl methyl sites for hydroxylation is 2. The molecule has 0 unspecified atom stereocenters. The molecule has 0 saturated heterocycles. The second kappa shape index (κ2) is 5.87. The van der Waals surface area contributed by atoms with E-state index in [2.05, 4.69) is 0 Å². The van der Waals surface area contributed by atoms with Crippen molar-refractivity contribution in [2.75, 3.05) is 7.11 Å². The van der Waals surface area contributed by atoms with E-state index in [9.17, 15) is 4.79 Å². The Morgan fingerprint density at radius 3 is 2.79 bits per heavy atom. The van der Waals surface area contributed by atoms with Crippen LogP contribution in [0.2, 0.25) is 0 Å². The monoisotopic (exact) mass is 254 g/mol. The topological polar surface area (TPSA) is 55.0 Å². The van der Waals surface area contributed by atoms with Crippen LogP contribution in [0, 0.1) is 11.3 Å². The van der Waals surface area contributed by atoms with Gasteiger partial charge in [-0.25, -0.2) is 0 Å². The fourth-order valence-electron chi connectivity index (χ4n) is 1.95. The van der Waals surface area contributed by atoms with E-state index in [4.69, 9.17) is 10.00 Å². The van der Waals surface area contributed by atoms with Gasteiger partial charge in [-0.1, -0.05) is 18.2 Å². The molecule has 0 bridgehead atoms. The number of hydrogen-bond acceptors (Lipinski definition) is 3. The molecule has 0 atom stereocenters. The number of para-hydroxylation sites is 1. The average Bonchev–Trinajstić information content (AvgIpc) is 2.46. The van der Waals surface area contributed by atoms with E-state index in [1.807, 2.05) is 30.3 Å². The zero-order chi connectivity index (χ0) is 13.7. The summed E-state index contributed by atoms with van der Waals surface area (Å²) >= 11 is 0. The van der Waals surface area contributed by atoms with Gasteiger partial charge < -0.3 is 9.30 Å². The number of nitrogens with zero attached hydrogens (tertiary/aromatic N) is 2. The number of rotatable bonds is 4. The molecule has 0 aliphatic rings. The molecule has 0 aliphatic carbocycles. The molecule has 2 rings (SSSR count). The molecular weight excluding hydrogens is 240 g/mol. The maximum Gasteiger partial charge on any atom is 0.268 e. The van der Waals surface area contributed by atoms with Crippen LogP contribution in [-0.2, 0) is 13.0 Å². The first-order chi connectivity index (χ1) is 9.26. The smallest absolute Gasteiger partial charge is 0.268 e. The predicted octanol–water partition coefficient (Wildman–Crippen LogP) is 1.97. The first-order valence-corrected chi connectivity index (χ1v) is 5.97. The number of hydrogen-bond donors (Lipinski definition) is 0. The van der Waals surface area contributed by atoms with Gasteiger partial charge in [0.05, 0.1) is 7.11 Å². The lowest BCUT2D eigenvalue weighted by molar-refractivity contribution is 0.408. The Labute approximate surface area is 111 Å². The van der Waals surface area contributed by atoms with Crippen LogP contribution in [-0.4, -0.2) is 11.7 Å². The van der Waals surface area contributed by atoms with Gasteiger partial charge in [0, 0.05) is 12.7 Å². The molecule has 0 saturated carbocycles. The number of methoxy groups -OCH3 is 1. The Kier molecular flexibility index (Phi) is 3.99. The highest BCUT2D eigenvalue weighted by Crippen LogP contribution is 2.17. The third kappa shape index (κ3) is 2.83. The fourth-order valence-corrected chi connectivity index (χ4v) is 1.95. The lowest BCUT2D eigenvalue weighted by atomic mass is 10.1. The van der Waals surface area contributed by atoms with Crippen LogP contribution in [0.25, 0.3) is 0 Å². The summed E-state index contributed by atoms with van der Waals surface area (Å²) in [6.07, 6.45) is 2.37. The van der Waals surface area contributed by atoms with Gasteiger partial charge in [-0.2, -0.15) is 5.26 Å². The van der Waals surface area contributed by atoms with Crippen molar-refractivity contribution in [2.24, 2.45) is 0 Å². The molecule has 2 aromatic rings. The highest BCUT2D eigenvalue weighted by Gasteiger charge is 2.05. The molecule has 4 heteroatoms. The molecule has 0 N–H and O–H groups in total. The molecule has 96 valence electrons. The number of aromatic nitrogens is 1. The van der Waals surface area contributed by atoms with E-state index in [0.717, 1.165) is 11.3 Å². The molecule has 19 heavy (non-hydrogen) atoms. The second-order valence-corrected chi connectivity index (χ2v) is 4.09.